The number of piperazine rings is 1. The van der Waals surface area contributed by atoms with E-state index in [1.54, 1.807) is 6.20 Å². The summed E-state index contributed by atoms with van der Waals surface area (Å²) in [7, 11) is 0. The van der Waals surface area contributed by atoms with Crippen LogP contribution >= 0.6 is 15.9 Å². The van der Waals surface area contributed by atoms with Gasteiger partial charge in [-0.25, -0.2) is 4.68 Å². The fourth-order valence-corrected chi connectivity index (χ4v) is 2.76. The number of benzene rings is 1. The maximum absolute atomic E-state index is 12.6. The van der Waals surface area contributed by atoms with Gasteiger partial charge < -0.3 is 10.2 Å². The summed E-state index contributed by atoms with van der Waals surface area (Å²) in [5, 5.41) is 7.62. The molecule has 0 atom stereocenters. The summed E-state index contributed by atoms with van der Waals surface area (Å²) in [4.78, 5) is 14.4. The van der Waals surface area contributed by atoms with E-state index in [0.29, 0.717) is 5.56 Å². The summed E-state index contributed by atoms with van der Waals surface area (Å²) in [5.74, 6) is 0.0670. The summed E-state index contributed by atoms with van der Waals surface area (Å²) in [6.45, 7) is 5.14. The normalized spacial score (nSPS) is 15.2. The minimum atomic E-state index is 0.0670. The molecule has 1 aliphatic rings. The van der Waals surface area contributed by atoms with Gasteiger partial charge in [0.05, 0.1) is 23.1 Å². The average molecular weight is 349 g/mol. The van der Waals surface area contributed by atoms with E-state index in [-0.39, 0.29) is 5.91 Å². The third kappa shape index (κ3) is 2.87. The lowest BCUT2D eigenvalue weighted by Crippen LogP contribution is -2.46. The number of nitrogens with one attached hydrogen (secondary N) is 1. The topological polar surface area (TPSA) is 50.2 Å². The lowest BCUT2D eigenvalue weighted by molar-refractivity contribution is 0.0735. The molecule has 1 amide bonds. The van der Waals surface area contributed by atoms with Crippen LogP contribution in [-0.2, 0) is 0 Å². The Morgan fingerprint density at radius 3 is 2.57 bits per heavy atom. The maximum Gasteiger partial charge on any atom is 0.257 e. The molecule has 6 heteroatoms. The van der Waals surface area contributed by atoms with E-state index < -0.39 is 0 Å². The molecule has 1 saturated heterocycles. The van der Waals surface area contributed by atoms with E-state index in [1.807, 2.05) is 40.8 Å². The van der Waals surface area contributed by atoms with Crippen LogP contribution in [-0.4, -0.2) is 46.8 Å². The highest BCUT2D eigenvalue weighted by Crippen LogP contribution is 2.18. The van der Waals surface area contributed by atoms with Gasteiger partial charge in [-0.05, 0) is 31.2 Å². The Labute approximate surface area is 132 Å². The van der Waals surface area contributed by atoms with Crippen molar-refractivity contribution in [3.63, 3.8) is 0 Å². The maximum atomic E-state index is 12.6. The van der Waals surface area contributed by atoms with Crippen molar-refractivity contribution in [1.82, 2.24) is 20.0 Å². The second-order valence-electron chi connectivity index (χ2n) is 5.07. The molecule has 1 N–H and O–H groups in total. The van der Waals surface area contributed by atoms with E-state index in [9.17, 15) is 4.79 Å². The zero-order chi connectivity index (χ0) is 14.8. The quantitative estimate of drug-likeness (QED) is 0.902. The van der Waals surface area contributed by atoms with Crippen LogP contribution in [0.4, 0.5) is 0 Å². The molecule has 1 fully saturated rings. The smallest absolute Gasteiger partial charge is 0.257 e. The van der Waals surface area contributed by atoms with Crippen LogP contribution < -0.4 is 5.32 Å². The van der Waals surface area contributed by atoms with Crippen LogP contribution in [0, 0.1) is 6.92 Å². The van der Waals surface area contributed by atoms with Gasteiger partial charge in [-0.1, -0.05) is 15.9 Å². The molecule has 2 heterocycles. The molecule has 0 aliphatic carbocycles. The third-order valence-corrected chi connectivity index (χ3v) is 4.24. The lowest BCUT2D eigenvalue weighted by atomic mass is 10.2. The highest BCUT2D eigenvalue weighted by molar-refractivity contribution is 9.10. The Kier molecular flexibility index (Phi) is 4.07. The van der Waals surface area contributed by atoms with Gasteiger partial charge in [0.15, 0.2) is 0 Å². The van der Waals surface area contributed by atoms with Crippen molar-refractivity contribution in [1.29, 1.82) is 0 Å². The number of halogens is 1. The first-order valence-corrected chi connectivity index (χ1v) is 7.76. The molecular weight excluding hydrogens is 332 g/mol. The summed E-state index contributed by atoms with van der Waals surface area (Å²) >= 11 is 3.42. The van der Waals surface area contributed by atoms with E-state index in [0.717, 1.165) is 42.0 Å². The van der Waals surface area contributed by atoms with Gasteiger partial charge in [-0.2, -0.15) is 5.10 Å². The van der Waals surface area contributed by atoms with Gasteiger partial charge >= 0.3 is 0 Å². The molecule has 2 aromatic rings. The number of rotatable bonds is 2. The Morgan fingerprint density at radius 2 is 1.90 bits per heavy atom. The van der Waals surface area contributed by atoms with Crippen molar-refractivity contribution in [3.05, 3.63) is 46.2 Å². The summed E-state index contributed by atoms with van der Waals surface area (Å²) < 4.78 is 2.83. The van der Waals surface area contributed by atoms with E-state index >= 15 is 0 Å². The largest absolute Gasteiger partial charge is 0.336 e. The number of carbonyl (C=O) groups excluding carboxylic acids is 1. The summed E-state index contributed by atoms with van der Waals surface area (Å²) in [5.41, 5.74) is 2.51. The number of carbonyl (C=O) groups is 1. The van der Waals surface area contributed by atoms with E-state index in [4.69, 9.17) is 0 Å². The number of aromatic nitrogens is 2. The highest BCUT2D eigenvalue weighted by Gasteiger charge is 2.22. The monoisotopic (exact) mass is 348 g/mol. The minimum absolute atomic E-state index is 0.0670. The number of hydrogen-bond donors (Lipinski definition) is 1. The van der Waals surface area contributed by atoms with Gasteiger partial charge in [-0.3, -0.25) is 4.79 Å². The standard InChI is InChI=1S/C15H17BrN4O/c1-11-14(15(21)19-8-6-17-7-9-19)10-18-20(11)13-4-2-12(16)3-5-13/h2-5,10,17H,6-9H2,1H3. The van der Waals surface area contributed by atoms with Crippen LogP contribution in [0.25, 0.3) is 5.69 Å². The zero-order valence-corrected chi connectivity index (χ0v) is 13.4. The summed E-state index contributed by atoms with van der Waals surface area (Å²) in [6.07, 6.45) is 1.67. The molecule has 1 aromatic heterocycles. The highest BCUT2D eigenvalue weighted by atomic mass is 79.9. The number of amides is 1. The lowest BCUT2D eigenvalue weighted by Gasteiger charge is -2.27. The van der Waals surface area contributed by atoms with Crippen molar-refractivity contribution < 1.29 is 4.79 Å². The van der Waals surface area contributed by atoms with Gasteiger partial charge in [0.2, 0.25) is 0 Å². The molecule has 0 radical (unpaired) electrons. The van der Waals surface area contributed by atoms with Gasteiger partial charge in [0.1, 0.15) is 0 Å². The fraction of sp³-hybridized carbons (Fsp3) is 0.333. The Hall–Kier alpha value is -1.66. The first-order valence-electron chi connectivity index (χ1n) is 6.97. The molecule has 21 heavy (non-hydrogen) atoms. The van der Waals surface area contributed by atoms with Crippen molar-refractivity contribution in [2.45, 2.75) is 6.92 Å². The molecule has 110 valence electrons. The van der Waals surface area contributed by atoms with Crippen LogP contribution in [0.2, 0.25) is 0 Å². The predicted octanol–water partition coefficient (Wildman–Crippen LogP) is 1.99. The van der Waals surface area contributed by atoms with E-state index in [2.05, 4.69) is 26.3 Å². The molecule has 3 rings (SSSR count). The Balaban J connectivity index is 1.88. The van der Waals surface area contributed by atoms with Crippen LogP contribution in [0.1, 0.15) is 16.1 Å². The van der Waals surface area contributed by atoms with Crippen molar-refractivity contribution >= 4 is 21.8 Å². The van der Waals surface area contributed by atoms with Crippen molar-refractivity contribution in [2.24, 2.45) is 0 Å². The first-order chi connectivity index (χ1) is 10.2. The van der Waals surface area contributed by atoms with Gasteiger partial charge in [-0.15, -0.1) is 0 Å². The molecule has 5 nitrogen and oxygen atoms in total. The van der Waals surface area contributed by atoms with Crippen molar-refractivity contribution in [2.75, 3.05) is 26.2 Å². The molecule has 1 aromatic carbocycles. The van der Waals surface area contributed by atoms with E-state index in [1.165, 1.54) is 0 Å². The summed E-state index contributed by atoms with van der Waals surface area (Å²) in [6, 6.07) is 7.88. The molecule has 0 spiro atoms. The third-order valence-electron chi connectivity index (χ3n) is 3.72. The van der Waals surface area contributed by atoms with Crippen molar-refractivity contribution in [3.8, 4) is 5.69 Å². The van der Waals surface area contributed by atoms with Crippen LogP contribution in [0.5, 0.6) is 0 Å². The van der Waals surface area contributed by atoms with Gasteiger partial charge in [0, 0.05) is 30.7 Å². The second kappa shape index (κ2) is 5.99. The SMILES string of the molecule is Cc1c(C(=O)N2CCNCC2)cnn1-c1ccc(Br)cc1. The molecule has 0 unspecified atom stereocenters. The number of nitrogens with zero attached hydrogens (tertiary/aromatic N) is 3. The van der Waals surface area contributed by atoms with Gasteiger partial charge in [0.25, 0.3) is 5.91 Å². The predicted molar refractivity (Wildman–Crippen MR) is 84.8 cm³/mol. The number of hydrogen-bond acceptors (Lipinski definition) is 3. The Bertz CT molecular complexity index is 644. The fourth-order valence-electron chi connectivity index (χ4n) is 2.50. The van der Waals surface area contributed by atoms with Crippen LogP contribution in [0.3, 0.4) is 0 Å². The molecule has 0 saturated carbocycles. The zero-order valence-electron chi connectivity index (χ0n) is 11.8. The molecule has 0 bridgehead atoms. The average Bonchev–Trinajstić information content (AvgIpc) is 2.90. The minimum Gasteiger partial charge on any atom is -0.336 e. The molecular formula is C15H17BrN4O. The first kappa shape index (κ1) is 14.3. The Morgan fingerprint density at radius 1 is 1.24 bits per heavy atom. The van der Waals surface area contributed by atoms with Crippen LogP contribution in [0.15, 0.2) is 34.9 Å². The molecule has 1 aliphatic heterocycles. The second-order valence-corrected chi connectivity index (χ2v) is 5.99.